The van der Waals surface area contributed by atoms with E-state index in [2.05, 4.69) is 32.6 Å². The average molecular weight is 871 g/mol. The number of hydrogen-bond donors (Lipinski definition) is 2. The lowest BCUT2D eigenvalue weighted by Crippen LogP contribution is -2.70. The van der Waals surface area contributed by atoms with E-state index in [1.165, 1.54) is 38.5 Å². The Kier molecular flexibility index (Phi) is 19.8. The highest BCUT2D eigenvalue weighted by molar-refractivity contribution is 6.03. The molecule has 1 amide bonds. The molecule has 10 nitrogen and oxygen atoms in total. The summed E-state index contributed by atoms with van der Waals surface area (Å²) in [6.07, 6.45) is 21.9. The van der Waals surface area contributed by atoms with Crippen LogP contribution < -0.4 is 9.47 Å². The number of carbonyl (C=O) groups is 2. The summed E-state index contributed by atoms with van der Waals surface area (Å²) in [5.41, 5.74) is 2.75. The second-order valence-electron chi connectivity index (χ2n) is 18.9. The molecule has 1 aliphatic heterocycles. The van der Waals surface area contributed by atoms with Gasteiger partial charge in [0.2, 0.25) is 11.7 Å². The van der Waals surface area contributed by atoms with Gasteiger partial charge in [0.05, 0.1) is 18.2 Å². The van der Waals surface area contributed by atoms with Gasteiger partial charge in [-0.3, -0.25) is 9.59 Å². The zero-order valence-corrected chi connectivity index (χ0v) is 39.2. The van der Waals surface area contributed by atoms with Crippen molar-refractivity contribution in [2.45, 2.75) is 174 Å². The van der Waals surface area contributed by atoms with E-state index < -0.39 is 23.3 Å². The average Bonchev–Trinajstić information content (AvgIpc) is 3.27. The molecule has 0 bridgehead atoms. The molecule has 6 unspecified atom stereocenters. The summed E-state index contributed by atoms with van der Waals surface area (Å²) in [5.74, 6) is 0.282. The Hall–Kier alpha value is -3.99. The minimum Gasteiger partial charge on any atom is -0.459 e. The molecule has 1 fully saturated rings. The van der Waals surface area contributed by atoms with Crippen LogP contribution in [0.4, 0.5) is 0 Å². The van der Waals surface area contributed by atoms with Gasteiger partial charge in [-0.15, -0.1) is 6.58 Å². The van der Waals surface area contributed by atoms with E-state index in [9.17, 15) is 19.8 Å². The Morgan fingerprint density at radius 1 is 0.905 bits per heavy atom. The number of aliphatic hydroxyl groups is 2. The van der Waals surface area contributed by atoms with Gasteiger partial charge in [-0.2, -0.15) is 0 Å². The molecule has 0 aromatic heterocycles. The van der Waals surface area contributed by atoms with Gasteiger partial charge >= 0.3 is 0 Å². The summed E-state index contributed by atoms with van der Waals surface area (Å²) in [7, 11) is 0. The third-order valence-electron chi connectivity index (χ3n) is 13.0. The molecule has 2 aromatic rings. The van der Waals surface area contributed by atoms with Gasteiger partial charge in [0.25, 0.3) is 0 Å². The maximum atomic E-state index is 14.8. The zero-order valence-electron chi connectivity index (χ0n) is 39.2. The molecule has 1 saturated carbocycles. The van der Waals surface area contributed by atoms with Gasteiger partial charge in [-0.25, -0.2) is 0 Å². The van der Waals surface area contributed by atoms with E-state index in [-0.39, 0.29) is 43.5 Å². The largest absolute Gasteiger partial charge is 0.459 e. The Morgan fingerprint density at radius 3 is 2.27 bits per heavy atom. The van der Waals surface area contributed by atoms with Crippen molar-refractivity contribution in [3.63, 3.8) is 0 Å². The number of aldehydes is 1. The highest BCUT2D eigenvalue weighted by Crippen LogP contribution is 2.62. The predicted octanol–water partition coefficient (Wildman–Crippen LogP) is 11.9. The Balaban J connectivity index is 1.66. The van der Waals surface area contributed by atoms with Crippen LogP contribution in [0.1, 0.15) is 172 Å². The van der Waals surface area contributed by atoms with Gasteiger partial charge in [0.1, 0.15) is 35.2 Å². The summed E-state index contributed by atoms with van der Waals surface area (Å²) < 4.78 is 21.0. The Morgan fingerprint density at radius 2 is 1.60 bits per heavy atom. The number of carbonyl (C=O) groups excluding carboxylic acids is 2. The molecule has 2 aliphatic carbocycles. The van der Waals surface area contributed by atoms with Crippen molar-refractivity contribution in [2.24, 2.45) is 22.9 Å². The summed E-state index contributed by atoms with van der Waals surface area (Å²) in [4.78, 5) is 34.8. The zero-order chi connectivity index (χ0) is 45.2. The molecule has 0 radical (unpaired) electrons. The summed E-state index contributed by atoms with van der Waals surface area (Å²) in [6.45, 7) is 15.4. The number of allylic oxidation sites excluding steroid dienone is 1. The van der Waals surface area contributed by atoms with E-state index >= 15 is 0 Å². The van der Waals surface area contributed by atoms with Crippen LogP contribution in [0, 0.1) is 17.8 Å². The minimum absolute atomic E-state index is 0.0906. The second-order valence-corrected chi connectivity index (χ2v) is 18.9. The monoisotopic (exact) mass is 871 g/mol. The quantitative estimate of drug-likeness (QED) is 0.0375. The van der Waals surface area contributed by atoms with Crippen LogP contribution in [0.15, 0.2) is 71.9 Å². The van der Waals surface area contributed by atoms with Crippen LogP contribution >= 0.6 is 0 Å². The summed E-state index contributed by atoms with van der Waals surface area (Å²) in [6, 6.07) is 12.5. The lowest BCUT2D eigenvalue weighted by molar-refractivity contribution is -0.257. The van der Waals surface area contributed by atoms with Crippen LogP contribution in [0.5, 0.6) is 17.2 Å². The second kappa shape index (κ2) is 24.9. The number of nitrogens with zero attached hydrogens (tertiary/aromatic N) is 2. The van der Waals surface area contributed by atoms with Gasteiger partial charge in [0, 0.05) is 49.6 Å². The topological polar surface area (TPSA) is 127 Å². The lowest BCUT2D eigenvalue weighted by atomic mass is 9.55. The lowest BCUT2D eigenvalue weighted by Gasteiger charge is -2.60. The number of unbranched alkanes of at least 4 members (excludes halogenated alkanes) is 10. The number of fused-ring (bicyclic) bond motifs is 2. The fourth-order valence-corrected chi connectivity index (χ4v) is 10.1. The van der Waals surface area contributed by atoms with Crippen molar-refractivity contribution in [1.82, 2.24) is 4.90 Å². The number of oxime groups is 1. The summed E-state index contributed by atoms with van der Waals surface area (Å²) >= 11 is 0. The maximum Gasteiger partial charge on any atom is 0.239 e. The summed E-state index contributed by atoms with van der Waals surface area (Å²) in [5, 5.41) is 24.9. The minimum atomic E-state index is -1.30. The molecule has 0 saturated heterocycles. The number of benzene rings is 2. The van der Waals surface area contributed by atoms with E-state index in [4.69, 9.17) is 24.2 Å². The third kappa shape index (κ3) is 13.3. The highest BCUT2D eigenvalue weighted by Gasteiger charge is 2.65. The van der Waals surface area contributed by atoms with E-state index in [1.54, 1.807) is 24.3 Å². The molecule has 348 valence electrons. The smallest absolute Gasteiger partial charge is 0.239 e. The molecule has 63 heavy (non-hydrogen) atoms. The maximum absolute atomic E-state index is 14.8. The van der Waals surface area contributed by atoms with Crippen LogP contribution in [-0.2, 0) is 14.4 Å². The van der Waals surface area contributed by atoms with Crippen LogP contribution in [0.3, 0.4) is 0 Å². The molecule has 1 heterocycles. The van der Waals surface area contributed by atoms with Crippen molar-refractivity contribution in [3.05, 3.63) is 77.9 Å². The molecule has 2 N–H and O–H groups in total. The molecular formula is C53H78N2O8. The van der Waals surface area contributed by atoms with Crippen LogP contribution in [0.25, 0.3) is 0 Å². The normalized spacial score (nSPS) is 23.3. The van der Waals surface area contributed by atoms with Gasteiger partial charge < -0.3 is 34.2 Å². The Labute approximate surface area is 378 Å². The van der Waals surface area contributed by atoms with Gasteiger partial charge in [-0.05, 0) is 107 Å². The first-order chi connectivity index (χ1) is 30.5. The van der Waals surface area contributed by atoms with Gasteiger partial charge in [-0.1, -0.05) is 107 Å². The molecule has 3 aliphatic rings. The first-order valence-corrected chi connectivity index (χ1v) is 24.3. The highest BCUT2D eigenvalue weighted by atomic mass is 16.7. The van der Waals surface area contributed by atoms with Crippen molar-refractivity contribution in [1.29, 1.82) is 0 Å². The Bertz CT molecular complexity index is 1820. The molecule has 10 heteroatoms. The van der Waals surface area contributed by atoms with Crippen molar-refractivity contribution in [3.8, 4) is 17.2 Å². The number of hydrogen-bond acceptors (Lipinski definition) is 9. The SMILES string of the molecule is C=CCOC12Oc3ccc(Oc4cccc(C=O)c4)cc3C3C(CCCCO)C(CCCCO)C=C(C(=NOC(C)(C)C)CC1N(CCC)C(=O)CCCCCCCCCCC)C32. The van der Waals surface area contributed by atoms with Crippen molar-refractivity contribution in [2.75, 3.05) is 26.4 Å². The van der Waals surface area contributed by atoms with E-state index in [0.717, 1.165) is 74.5 Å². The number of aliphatic hydroxyl groups excluding tert-OH is 2. The van der Waals surface area contributed by atoms with Crippen LogP contribution in [-0.4, -0.2) is 76.8 Å². The first kappa shape index (κ1) is 50.0. The number of rotatable bonds is 28. The fraction of sp³-hybridized carbons (Fsp3) is 0.642. The van der Waals surface area contributed by atoms with Crippen molar-refractivity contribution < 1.29 is 38.9 Å². The van der Waals surface area contributed by atoms with E-state index in [0.29, 0.717) is 55.0 Å². The molecule has 5 rings (SSSR count). The number of ether oxygens (including phenoxy) is 3. The standard InChI is InChI=1S/C53H78N2O8/c1-7-10-11-12-13-14-15-16-17-27-49(59)55(30-8-2)48-37-46(54-63-52(4,5)6)44-35-40(24-18-20-31-56)43(26-19-21-32-57)50-45-36-42(61-41-25-22-23-39(34-41)38-58)28-29-47(45)62-53(48,51(44)50)60-33-9-3/h9,22-23,25,28-29,34-36,38,40,43,48,50-51,56-57H,3,7-8,10-21,24,26-27,30-33,37H2,1-2,4-6H3. The third-order valence-corrected chi connectivity index (χ3v) is 13.0. The fourth-order valence-electron chi connectivity index (χ4n) is 10.1. The molecule has 2 aromatic carbocycles. The number of amides is 1. The first-order valence-electron chi connectivity index (χ1n) is 24.3. The van der Waals surface area contributed by atoms with E-state index in [1.807, 2.05) is 43.9 Å². The van der Waals surface area contributed by atoms with Crippen LogP contribution in [0.2, 0.25) is 0 Å². The van der Waals surface area contributed by atoms with Gasteiger partial charge in [0.15, 0.2) is 0 Å². The molecule has 6 atom stereocenters. The molecule has 0 spiro atoms. The predicted molar refractivity (Wildman–Crippen MR) is 252 cm³/mol. The molecular weight excluding hydrogens is 793 g/mol. The van der Waals surface area contributed by atoms with Crippen molar-refractivity contribution >= 4 is 17.9 Å².